The predicted molar refractivity (Wildman–Crippen MR) is 87.8 cm³/mol. The Hall–Kier alpha value is -0.100. The second-order valence-electron chi connectivity index (χ2n) is 4.71. The number of halogens is 3. The van der Waals surface area contributed by atoms with Crippen LogP contribution in [-0.2, 0) is 4.74 Å². The molecule has 1 aliphatic heterocycles. The predicted octanol–water partition coefficient (Wildman–Crippen LogP) is 4.12. The van der Waals surface area contributed by atoms with E-state index in [0.29, 0.717) is 10.6 Å². The molecule has 6 heteroatoms. The van der Waals surface area contributed by atoms with Crippen LogP contribution in [0.4, 0.5) is 0 Å². The number of carbonyl (C=O) groups is 1. The summed E-state index contributed by atoms with van der Waals surface area (Å²) in [6.07, 6.45) is 2.05. The molecule has 0 unspecified atom stereocenters. The van der Waals surface area contributed by atoms with Crippen LogP contribution in [-0.4, -0.2) is 41.9 Å². The maximum absolute atomic E-state index is 12.4. The first-order valence-corrected chi connectivity index (χ1v) is 8.82. The van der Waals surface area contributed by atoms with Crippen molar-refractivity contribution in [1.29, 1.82) is 0 Å². The molecule has 0 saturated carbocycles. The van der Waals surface area contributed by atoms with E-state index in [9.17, 15) is 4.79 Å². The maximum atomic E-state index is 12.4. The van der Waals surface area contributed by atoms with Crippen molar-refractivity contribution >= 4 is 49.4 Å². The van der Waals surface area contributed by atoms with Crippen LogP contribution in [0.3, 0.4) is 0 Å². The number of carbonyl (C=O) groups excluding carboxylic acids is 1. The number of piperidine rings is 1. The molecule has 2 rings (SSSR count). The van der Waals surface area contributed by atoms with Crippen molar-refractivity contribution in [2.24, 2.45) is 0 Å². The summed E-state index contributed by atoms with van der Waals surface area (Å²) in [5, 5.41) is 1.42. The Morgan fingerprint density at radius 3 is 2.65 bits per heavy atom. The van der Waals surface area contributed by atoms with Gasteiger partial charge in [-0.1, -0.05) is 43.5 Å². The van der Waals surface area contributed by atoms with E-state index in [0.717, 1.165) is 42.3 Å². The highest BCUT2D eigenvalue weighted by Crippen LogP contribution is 2.22. The van der Waals surface area contributed by atoms with E-state index in [1.165, 1.54) is 0 Å². The Labute approximate surface area is 140 Å². The molecule has 0 N–H and O–H groups in total. The van der Waals surface area contributed by atoms with Gasteiger partial charge in [0.25, 0.3) is 5.91 Å². The molecule has 0 bridgehead atoms. The smallest absolute Gasteiger partial charge is 0.253 e. The summed E-state index contributed by atoms with van der Waals surface area (Å²) in [7, 11) is 0. The van der Waals surface area contributed by atoms with Crippen LogP contribution < -0.4 is 0 Å². The number of nitrogens with zero attached hydrogens (tertiary/aromatic N) is 1. The summed E-state index contributed by atoms with van der Waals surface area (Å²) < 4.78 is 6.51. The number of amides is 1. The minimum atomic E-state index is 0.0344. The topological polar surface area (TPSA) is 29.5 Å². The van der Waals surface area contributed by atoms with Crippen LogP contribution in [0.2, 0.25) is 5.02 Å². The van der Waals surface area contributed by atoms with Gasteiger partial charge in [-0.05, 0) is 31.0 Å². The summed E-state index contributed by atoms with van der Waals surface area (Å²) in [5.41, 5.74) is 0.629. The lowest BCUT2D eigenvalue weighted by atomic mass is 10.1. The summed E-state index contributed by atoms with van der Waals surface area (Å²) in [6.45, 7) is 2.19. The molecule has 1 aromatic carbocycles. The Kier molecular flexibility index (Phi) is 6.33. The molecule has 1 saturated heterocycles. The summed E-state index contributed by atoms with van der Waals surface area (Å²) in [4.78, 5) is 14.3. The van der Waals surface area contributed by atoms with Crippen molar-refractivity contribution in [2.75, 3.05) is 25.0 Å². The van der Waals surface area contributed by atoms with E-state index >= 15 is 0 Å². The van der Waals surface area contributed by atoms with E-state index in [-0.39, 0.29) is 12.0 Å². The third-order valence-electron chi connectivity index (χ3n) is 3.27. The number of hydrogen-bond acceptors (Lipinski definition) is 2. The molecule has 1 amide bonds. The van der Waals surface area contributed by atoms with Gasteiger partial charge in [-0.15, -0.1) is 0 Å². The summed E-state index contributed by atoms with van der Waals surface area (Å²) in [5.74, 6) is 0.0344. The van der Waals surface area contributed by atoms with Crippen molar-refractivity contribution in [3.8, 4) is 0 Å². The first kappa shape index (κ1) is 16.3. The average Bonchev–Trinajstić information content (AvgIpc) is 2.44. The Morgan fingerprint density at radius 2 is 2.05 bits per heavy atom. The molecule has 1 aliphatic rings. The molecule has 0 aliphatic carbocycles. The number of hydrogen-bond donors (Lipinski definition) is 0. The van der Waals surface area contributed by atoms with E-state index in [1.807, 2.05) is 11.0 Å². The zero-order valence-corrected chi connectivity index (χ0v) is 14.9. The molecule has 0 aromatic heterocycles. The van der Waals surface area contributed by atoms with Crippen molar-refractivity contribution in [3.05, 3.63) is 33.3 Å². The quantitative estimate of drug-likeness (QED) is 0.680. The second kappa shape index (κ2) is 7.78. The highest BCUT2D eigenvalue weighted by Gasteiger charge is 2.24. The first-order chi connectivity index (χ1) is 9.60. The van der Waals surface area contributed by atoms with Crippen LogP contribution in [0.25, 0.3) is 0 Å². The molecule has 110 valence electrons. The molecule has 3 nitrogen and oxygen atoms in total. The number of alkyl halides is 1. The molecule has 0 spiro atoms. The van der Waals surface area contributed by atoms with Gasteiger partial charge in [-0.3, -0.25) is 4.79 Å². The highest BCUT2D eigenvalue weighted by atomic mass is 79.9. The number of ether oxygens (including phenoxy) is 1. The van der Waals surface area contributed by atoms with Gasteiger partial charge in [-0.2, -0.15) is 0 Å². The van der Waals surface area contributed by atoms with Gasteiger partial charge in [0.05, 0.1) is 12.7 Å². The lowest BCUT2D eigenvalue weighted by Gasteiger charge is -2.32. The SMILES string of the molecule is O=C(c1cc(Cl)cc(Br)c1)N1CCC(OCCBr)CC1. The van der Waals surface area contributed by atoms with Gasteiger partial charge in [0.15, 0.2) is 0 Å². The third kappa shape index (κ3) is 4.45. The van der Waals surface area contributed by atoms with Crippen LogP contribution in [0, 0.1) is 0 Å². The standard InChI is InChI=1S/C14H16Br2ClNO2/c15-3-6-20-13-1-4-18(5-2-13)14(19)10-7-11(16)9-12(17)8-10/h7-9,13H,1-6H2. The zero-order valence-electron chi connectivity index (χ0n) is 10.9. The van der Waals surface area contributed by atoms with Crippen molar-refractivity contribution in [1.82, 2.24) is 4.90 Å². The first-order valence-electron chi connectivity index (χ1n) is 6.53. The van der Waals surface area contributed by atoms with Gasteiger partial charge < -0.3 is 9.64 Å². The highest BCUT2D eigenvalue weighted by molar-refractivity contribution is 9.10. The van der Waals surface area contributed by atoms with Gasteiger partial charge in [-0.25, -0.2) is 0 Å². The normalized spacial score (nSPS) is 16.4. The molecular weight excluding hydrogens is 409 g/mol. The number of rotatable bonds is 4. The monoisotopic (exact) mass is 423 g/mol. The van der Waals surface area contributed by atoms with E-state index in [1.54, 1.807) is 12.1 Å². The fraction of sp³-hybridized carbons (Fsp3) is 0.500. The molecule has 1 heterocycles. The Balaban J connectivity index is 1.94. The molecule has 0 atom stereocenters. The fourth-order valence-electron chi connectivity index (χ4n) is 2.30. The van der Waals surface area contributed by atoms with Gasteiger partial charge in [0.2, 0.25) is 0 Å². The van der Waals surface area contributed by atoms with Gasteiger partial charge >= 0.3 is 0 Å². The Bertz CT molecular complexity index is 456. The van der Waals surface area contributed by atoms with Crippen molar-refractivity contribution in [2.45, 2.75) is 18.9 Å². The average molecular weight is 426 g/mol. The van der Waals surface area contributed by atoms with Crippen molar-refractivity contribution < 1.29 is 9.53 Å². The van der Waals surface area contributed by atoms with Gasteiger partial charge in [0.1, 0.15) is 0 Å². The fourth-order valence-corrected chi connectivity index (χ4v) is 3.34. The Morgan fingerprint density at radius 1 is 1.35 bits per heavy atom. The zero-order chi connectivity index (χ0) is 14.5. The van der Waals surface area contributed by atoms with Gasteiger partial charge in [0, 0.05) is 33.5 Å². The van der Waals surface area contributed by atoms with Crippen LogP contribution in [0.15, 0.2) is 22.7 Å². The molecular formula is C14H16Br2ClNO2. The second-order valence-corrected chi connectivity index (χ2v) is 6.85. The van der Waals surface area contributed by atoms with Crippen LogP contribution in [0.5, 0.6) is 0 Å². The minimum absolute atomic E-state index is 0.0344. The lowest BCUT2D eigenvalue weighted by molar-refractivity contribution is 0.0160. The van der Waals surface area contributed by atoms with E-state index in [2.05, 4.69) is 31.9 Å². The number of likely N-dealkylation sites (tertiary alicyclic amines) is 1. The minimum Gasteiger partial charge on any atom is -0.377 e. The molecule has 1 aromatic rings. The lowest BCUT2D eigenvalue weighted by Crippen LogP contribution is -2.41. The summed E-state index contributed by atoms with van der Waals surface area (Å²) in [6, 6.07) is 5.29. The number of benzene rings is 1. The molecule has 20 heavy (non-hydrogen) atoms. The third-order valence-corrected chi connectivity index (χ3v) is 4.27. The largest absolute Gasteiger partial charge is 0.377 e. The van der Waals surface area contributed by atoms with E-state index in [4.69, 9.17) is 16.3 Å². The van der Waals surface area contributed by atoms with Crippen LogP contribution >= 0.6 is 43.5 Å². The summed E-state index contributed by atoms with van der Waals surface area (Å²) >= 11 is 12.7. The van der Waals surface area contributed by atoms with E-state index < -0.39 is 0 Å². The molecule has 1 fully saturated rings. The van der Waals surface area contributed by atoms with Crippen LogP contribution in [0.1, 0.15) is 23.2 Å². The maximum Gasteiger partial charge on any atom is 0.253 e. The molecule has 0 radical (unpaired) electrons. The van der Waals surface area contributed by atoms with Crippen molar-refractivity contribution in [3.63, 3.8) is 0 Å².